The first-order valence-electron chi connectivity index (χ1n) is 5.40. The molecule has 98 valence electrons. The summed E-state index contributed by atoms with van der Waals surface area (Å²) in [5, 5.41) is 9.33. The average Bonchev–Trinajstić information content (AvgIpc) is 2.38. The molecule has 2 rings (SSSR count). The van der Waals surface area contributed by atoms with Gasteiger partial charge >= 0.3 is 5.97 Å². The highest BCUT2D eigenvalue weighted by molar-refractivity contribution is 6.34. The topological polar surface area (TPSA) is 46.5 Å². The predicted octanol–water partition coefficient (Wildman–Crippen LogP) is 3.85. The van der Waals surface area contributed by atoms with Crippen molar-refractivity contribution in [3.05, 3.63) is 52.8 Å². The SMILES string of the molecule is COc1cc(-c2cccc(Cl)c2C(=O)O)ccc1F. The molecule has 0 radical (unpaired) electrons. The number of halogens is 2. The number of methoxy groups -OCH3 is 1. The summed E-state index contributed by atoms with van der Waals surface area (Å²) in [5.74, 6) is -1.59. The van der Waals surface area contributed by atoms with Gasteiger partial charge in [-0.25, -0.2) is 9.18 Å². The van der Waals surface area contributed by atoms with Crippen LogP contribution in [0.3, 0.4) is 0 Å². The minimum absolute atomic E-state index is 0.0159. The second-order valence-electron chi connectivity index (χ2n) is 3.82. The van der Waals surface area contributed by atoms with Crippen LogP contribution in [0.15, 0.2) is 36.4 Å². The number of carbonyl (C=O) groups is 1. The number of ether oxygens (including phenoxy) is 1. The van der Waals surface area contributed by atoms with Crippen LogP contribution in [0.5, 0.6) is 5.75 Å². The highest BCUT2D eigenvalue weighted by Crippen LogP contribution is 2.32. The van der Waals surface area contributed by atoms with Crippen molar-refractivity contribution in [3.8, 4) is 16.9 Å². The van der Waals surface area contributed by atoms with E-state index in [0.717, 1.165) is 0 Å². The van der Waals surface area contributed by atoms with Crippen LogP contribution in [-0.4, -0.2) is 18.2 Å². The van der Waals surface area contributed by atoms with Gasteiger partial charge in [-0.15, -0.1) is 0 Å². The lowest BCUT2D eigenvalue weighted by Crippen LogP contribution is -2.01. The van der Waals surface area contributed by atoms with Crippen LogP contribution in [0, 0.1) is 5.82 Å². The molecular formula is C14H10ClFO3. The zero-order valence-electron chi connectivity index (χ0n) is 9.98. The van der Waals surface area contributed by atoms with Gasteiger partial charge in [-0.1, -0.05) is 29.8 Å². The van der Waals surface area contributed by atoms with Crippen molar-refractivity contribution < 1.29 is 19.0 Å². The second-order valence-corrected chi connectivity index (χ2v) is 4.22. The Morgan fingerprint density at radius 1 is 1.32 bits per heavy atom. The summed E-state index contributed by atoms with van der Waals surface area (Å²) < 4.78 is 18.2. The third-order valence-electron chi connectivity index (χ3n) is 2.69. The summed E-state index contributed by atoms with van der Waals surface area (Å²) in [6.45, 7) is 0. The fourth-order valence-corrected chi connectivity index (χ4v) is 2.06. The van der Waals surface area contributed by atoms with Crippen molar-refractivity contribution in [3.63, 3.8) is 0 Å². The minimum Gasteiger partial charge on any atom is -0.494 e. The summed E-state index contributed by atoms with van der Waals surface area (Å²) in [6, 6.07) is 8.89. The van der Waals surface area contributed by atoms with E-state index >= 15 is 0 Å². The van der Waals surface area contributed by atoms with Crippen molar-refractivity contribution in [1.29, 1.82) is 0 Å². The van der Waals surface area contributed by atoms with E-state index < -0.39 is 11.8 Å². The molecule has 3 nitrogen and oxygen atoms in total. The number of carboxylic acids is 1. The van der Waals surface area contributed by atoms with E-state index in [-0.39, 0.29) is 16.3 Å². The molecule has 0 amide bonds. The summed E-state index contributed by atoms with van der Waals surface area (Å²) in [4.78, 5) is 11.2. The van der Waals surface area contributed by atoms with Gasteiger partial charge in [0.25, 0.3) is 0 Å². The predicted molar refractivity (Wildman–Crippen MR) is 70.4 cm³/mol. The molecule has 2 aromatic rings. The van der Waals surface area contributed by atoms with Crippen molar-refractivity contribution in [2.24, 2.45) is 0 Å². The van der Waals surface area contributed by atoms with Gasteiger partial charge in [0.1, 0.15) is 0 Å². The number of rotatable bonds is 3. The average molecular weight is 281 g/mol. The van der Waals surface area contributed by atoms with Gasteiger partial charge in [-0.3, -0.25) is 0 Å². The minimum atomic E-state index is -1.14. The first-order chi connectivity index (χ1) is 9.04. The number of hydrogen-bond acceptors (Lipinski definition) is 2. The highest BCUT2D eigenvalue weighted by atomic mass is 35.5. The third-order valence-corrected chi connectivity index (χ3v) is 3.00. The Balaban J connectivity index is 2.65. The molecule has 0 aliphatic carbocycles. The Hall–Kier alpha value is -2.07. The molecule has 0 spiro atoms. The molecule has 0 fully saturated rings. The second kappa shape index (κ2) is 5.28. The van der Waals surface area contributed by atoms with E-state index in [1.807, 2.05) is 0 Å². The van der Waals surface area contributed by atoms with Crippen LogP contribution in [0.4, 0.5) is 4.39 Å². The fraction of sp³-hybridized carbons (Fsp3) is 0.0714. The number of carboxylic acid groups (broad SMARTS) is 1. The Kier molecular flexibility index (Phi) is 3.71. The summed E-state index contributed by atoms with van der Waals surface area (Å²) in [7, 11) is 1.35. The maximum absolute atomic E-state index is 13.4. The standard InChI is InChI=1S/C14H10ClFO3/c1-19-12-7-8(5-6-11(12)16)9-3-2-4-10(15)13(9)14(17)18/h2-7H,1H3,(H,17,18). The zero-order chi connectivity index (χ0) is 14.0. The number of hydrogen-bond donors (Lipinski definition) is 1. The fourth-order valence-electron chi connectivity index (χ4n) is 1.81. The van der Waals surface area contributed by atoms with Crippen LogP contribution in [0.2, 0.25) is 5.02 Å². The molecule has 0 saturated heterocycles. The summed E-state index contributed by atoms with van der Waals surface area (Å²) >= 11 is 5.89. The number of benzene rings is 2. The maximum Gasteiger partial charge on any atom is 0.337 e. The molecule has 0 heterocycles. The summed E-state index contributed by atoms with van der Waals surface area (Å²) in [6.07, 6.45) is 0. The zero-order valence-corrected chi connectivity index (χ0v) is 10.7. The largest absolute Gasteiger partial charge is 0.494 e. The third kappa shape index (κ3) is 2.53. The molecule has 0 aliphatic rings. The van der Waals surface area contributed by atoms with Gasteiger partial charge in [0.15, 0.2) is 11.6 Å². The molecule has 2 aromatic carbocycles. The van der Waals surface area contributed by atoms with Crippen LogP contribution < -0.4 is 4.74 Å². The van der Waals surface area contributed by atoms with Crippen LogP contribution >= 0.6 is 11.6 Å². The van der Waals surface area contributed by atoms with Crippen molar-refractivity contribution in [1.82, 2.24) is 0 Å². The summed E-state index contributed by atoms with van der Waals surface area (Å²) in [5.41, 5.74) is 0.925. The first-order valence-corrected chi connectivity index (χ1v) is 5.78. The van der Waals surface area contributed by atoms with Crippen molar-refractivity contribution in [2.75, 3.05) is 7.11 Å². The van der Waals surface area contributed by atoms with Gasteiger partial charge in [0, 0.05) is 0 Å². The molecule has 0 aromatic heterocycles. The van der Waals surface area contributed by atoms with Crippen molar-refractivity contribution in [2.45, 2.75) is 0 Å². The van der Waals surface area contributed by atoms with E-state index in [0.29, 0.717) is 11.1 Å². The Labute approximate surface area is 114 Å². The molecule has 1 N–H and O–H groups in total. The lowest BCUT2D eigenvalue weighted by molar-refractivity contribution is 0.0698. The van der Waals surface area contributed by atoms with Crippen molar-refractivity contribution >= 4 is 17.6 Å². The van der Waals surface area contributed by atoms with E-state index in [2.05, 4.69) is 0 Å². The van der Waals surface area contributed by atoms with Gasteiger partial charge < -0.3 is 9.84 Å². The van der Waals surface area contributed by atoms with Crippen LogP contribution in [0.25, 0.3) is 11.1 Å². The lowest BCUT2D eigenvalue weighted by atomic mass is 9.99. The number of aromatic carboxylic acids is 1. The quantitative estimate of drug-likeness (QED) is 0.929. The first kappa shape index (κ1) is 13.4. The normalized spacial score (nSPS) is 10.3. The molecule has 0 bridgehead atoms. The van der Waals surface area contributed by atoms with Gasteiger partial charge in [-0.2, -0.15) is 0 Å². The van der Waals surface area contributed by atoms with E-state index in [1.54, 1.807) is 12.1 Å². The molecule has 19 heavy (non-hydrogen) atoms. The molecule has 0 atom stereocenters. The molecule has 0 aliphatic heterocycles. The monoisotopic (exact) mass is 280 g/mol. The Morgan fingerprint density at radius 3 is 2.68 bits per heavy atom. The lowest BCUT2D eigenvalue weighted by Gasteiger charge is -2.10. The molecular weight excluding hydrogens is 271 g/mol. The van der Waals surface area contributed by atoms with Gasteiger partial charge in [0.05, 0.1) is 17.7 Å². The smallest absolute Gasteiger partial charge is 0.337 e. The Bertz CT molecular complexity index is 641. The van der Waals surface area contributed by atoms with Gasteiger partial charge in [-0.05, 0) is 29.3 Å². The van der Waals surface area contributed by atoms with E-state index in [4.69, 9.17) is 16.3 Å². The van der Waals surface area contributed by atoms with E-state index in [1.165, 1.54) is 31.4 Å². The molecule has 0 saturated carbocycles. The van der Waals surface area contributed by atoms with Crippen LogP contribution in [0.1, 0.15) is 10.4 Å². The maximum atomic E-state index is 13.4. The highest BCUT2D eigenvalue weighted by Gasteiger charge is 2.16. The Morgan fingerprint density at radius 2 is 2.05 bits per heavy atom. The van der Waals surface area contributed by atoms with Crippen LogP contribution in [-0.2, 0) is 0 Å². The van der Waals surface area contributed by atoms with Gasteiger partial charge in [0.2, 0.25) is 0 Å². The van der Waals surface area contributed by atoms with E-state index in [9.17, 15) is 14.3 Å². The molecule has 0 unspecified atom stereocenters. The molecule has 5 heteroatoms.